The number of hydrogen-bond acceptors (Lipinski definition) is 3. The van der Waals surface area contributed by atoms with Gasteiger partial charge in [-0.25, -0.2) is 4.39 Å². The average Bonchev–Trinajstić information content (AvgIpc) is 2.26. The predicted octanol–water partition coefficient (Wildman–Crippen LogP) is 0.500. The fourth-order valence-electron chi connectivity index (χ4n) is 1.62. The Morgan fingerprint density at radius 1 is 1.37 bits per heavy atom. The third kappa shape index (κ3) is 5.48. The van der Waals surface area contributed by atoms with Crippen LogP contribution >= 0.6 is 7.60 Å². The van der Waals surface area contributed by atoms with E-state index in [4.69, 9.17) is 20.6 Å². The van der Waals surface area contributed by atoms with E-state index in [9.17, 15) is 13.8 Å². The van der Waals surface area contributed by atoms with Crippen LogP contribution in [0, 0.1) is 5.82 Å². The fourth-order valence-corrected chi connectivity index (χ4v) is 2.15. The Balaban J connectivity index is 2.91. The lowest BCUT2D eigenvalue weighted by molar-refractivity contribution is -0.138. The number of nitrogens with two attached hydrogens (primary N) is 1. The van der Waals surface area contributed by atoms with Gasteiger partial charge in [0.05, 0.1) is 6.16 Å². The summed E-state index contributed by atoms with van der Waals surface area (Å²) in [6.07, 6.45) is -0.441. The molecule has 0 amide bonds. The third-order valence-corrected chi connectivity index (χ3v) is 3.40. The Bertz CT molecular complexity index is 516. The lowest BCUT2D eigenvalue weighted by Gasteiger charge is -2.12. The van der Waals surface area contributed by atoms with Crippen LogP contribution in [0.1, 0.15) is 11.1 Å². The van der Waals surface area contributed by atoms with Crippen LogP contribution in [0.5, 0.6) is 0 Å². The number of carbonyl (C=O) groups is 1. The number of carboxylic acids is 1. The summed E-state index contributed by atoms with van der Waals surface area (Å²) >= 11 is 0. The molecule has 6 nitrogen and oxygen atoms in total. The highest BCUT2D eigenvalue weighted by Gasteiger charge is 2.18. The first-order chi connectivity index (χ1) is 8.69. The van der Waals surface area contributed by atoms with Crippen LogP contribution in [0.2, 0.25) is 0 Å². The molecule has 1 rings (SSSR count). The molecule has 0 aromatic heterocycles. The number of rotatable bonds is 6. The molecule has 1 aromatic carbocycles. The Kier molecular flexibility index (Phi) is 5.20. The predicted molar refractivity (Wildman–Crippen MR) is 66.3 cm³/mol. The van der Waals surface area contributed by atoms with Crippen molar-refractivity contribution in [1.82, 2.24) is 0 Å². The quantitative estimate of drug-likeness (QED) is 0.566. The maximum Gasteiger partial charge on any atom is 0.325 e. The Morgan fingerprint density at radius 3 is 2.53 bits per heavy atom. The number of benzene rings is 1. The topological polar surface area (TPSA) is 121 Å². The van der Waals surface area contributed by atoms with Crippen molar-refractivity contribution in [2.75, 3.05) is 6.16 Å². The SMILES string of the molecule is N[C@@H](Cc1cc(F)ccc1CCP(=O)(O)O)C(=O)O. The summed E-state index contributed by atoms with van der Waals surface area (Å²) in [4.78, 5) is 28.3. The maximum atomic E-state index is 13.1. The Hall–Kier alpha value is -1.27. The maximum absolute atomic E-state index is 13.1. The van der Waals surface area contributed by atoms with Crippen molar-refractivity contribution in [3.8, 4) is 0 Å². The smallest absolute Gasteiger partial charge is 0.325 e. The summed E-state index contributed by atoms with van der Waals surface area (Å²) in [5, 5.41) is 8.72. The molecule has 0 aliphatic carbocycles. The van der Waals surface area contributed by atoms with E-state index in [1.807, 2.05) is 0 Å². The van der Waals surface area contributed by atoms with Crippen LogP contribution in [-0.2, 0) is 22.2 Å². The normalized spacial score (nSPS) is 13.3. The van der Waals surface area contributed by atoms with Gasteiger partial charge in [-0.15, -0.1) is 0 Å². The van der Waals surface area contributed by atoms with Gasteiger partial charge in [0, 0.05) is 0 Å². The van der Waals surface area contributed by atoms with E-state index in [-0.39, 0.29) is 19.0 Å². The number of aliphatic carboxylic acids is 1. The zero-order valence-electron chi connectivity index (χ0n) is 9.99. The fraction of sp³-hybridized carbons (Fsp3) is 0.364. The van der Waals surface area contributed by atoms with Crippen molar-refractivity contribution in [1.29, 1.82) is 0 Å². The molecule has 0 spiro atoms. The highest BCUT2D eigenvalue weighted by Crippen LogP contribution is 2.35. The Labute approximate surface area is 109 Å². The van der Waals surface area contributed by atoms with Gasteiger partial charge in [-0.1, -0.05) is 6.07 Å². The highest BCUT2D eigenvalue weighted by atomic mass is 31.2. The van der Waals surface area contributed by atoms with Gasteiger partial charge in [0.25, 0.3) is 0 Å². The van der Waals surface area contributed by atoms with Gasteiger partial charge in [0.1, 0.15) is 11.9 Å². The molecule has 1 atom stereocenters. The molecule has 0 aliphatic heterocycles. The monoisotopic (exact) mass is 291 g/mol. The van der Waals surface area contributed by atoms with Crippen molar-refractivity contribution < 1.29 is 28.6 Å². The number of halogens is 1. The van der Waals surface area contributed by atoms with Crippen molar-refractivity contribution in [3.05, 3.63) is 35.1 Å². The average molecular weight is 291 g/mol. The van der Waals surface area contributed by atoms with Crippen LogP contribution in [0.3, 0.4) is 0 Å². The number of aryl methyl sites for hydroxylation is 1. The highest BCUT2D eigenvalue weighted by molar-refractivity contribution is 7.51. The summed E-state index contributed by atoms with van der Waals surface area (Å²) in [6.45, 7) is 0. The zero-order chi connectivity index (χ0) is 14.6. The van der Waals surface area contributed by atoms with Crippen molar-refractivity contribution >= 4 is 13.6 Å². The van der Waals surface area contributed by atoms with Gasteiger partial charge in [-0.3, -0.25) is 9.36 Å². The largest absolute Gasteiger partial charge is 0.480 e. The number of carboxylic acid groups (broad SMARTS) is 1. The van der Waals surface area contributed by atoms with Crippen LogP contribution in [0.4, 0.5) is 4.39 Å². The molecule has 0 aliphatic rings. The summed E-state index contributed by atoms with van der Waals surface area (Å²) in [6, 6.07) is 2.49. The molecule has 0 radical (unpaired) electrons. The molecule has 5 N–H and O–H groups in total. The molecular weight excluding hydrogens is 276 g/mol. The number of hydrogen-bond donors (Lipinski definition) is 4. The van der Waals surface area contributed by atoms with E-state index in [2.05, 4.69) is 0 Å². The van der Waals surface area contributed by atoms with Gasteiger partial charge in [0.2, 0.25) is 0 Å². The first kappa shape index (κ1) is 15.8. The minimum atomic E-state index is -4.16. The lowest BCUT2D eigenvalue weighted by Crippen LogP contribution is -2.32. The van der Waals surface area contributed by atoms with Crippen LogP contribution in [0.25, 0.3) is 0 Å². The van der Waals surface area contributed by atoms with Crippen LogP contribution in [-0.4, -0.2) is 33.1 Å². The Morgan fingerprint density at radius 2 is 2.00 bits per heavy atom. The first-order valence-electron chi connectivity index (χ1n) is 5.49. The van der Waals surface area contributed by atoms with E-state index >= 15 is 0 Å². The van der Waals surface area contributed by atoms with E-state index < -0.39 is 25.4 Å². The summed E-state index contributed by atoms with van der Waals surface area (Å²) in [7, 11) is -4.16. The van der Waals surface area contributed by atoms with Gasteiger partial charge >= 0.3 is 13.6 Å². The summed E-state index contributed by atoms with van der Waals surface area (Å²) in [5.41, 5.74) is 6.21. The molecule has 106 valence electrons. The van der Waals surface area contributed by atoms with E-state index in [0.717, 1.165) is 12.1 Å². The van der Waals surface area contributed by atoms with Gasteiger partial charge in [-0.05, 0) is 36.1 Å². The lowest BCUT2D eigenvalue weighted by atomic mass is 9.99. The minimum absolute atomic E-state index is 0.0340. The first-order valence-corrected chi connectivity index (χ1v) is 7.29. The second-order valence-corrected chi connectivity index (χ2v) is 5.98. The molecule has 19 heavy (non-hydrogen) atoms. The zero-order valence-corrected chi connectivity index (χ0v) is 10.9. The van der Waals surface area contributed by atoms with Gasteiger partial charge in [0.15, 0.2) is 0 Å². The standard InChI is InChI=1S/C11H15FNO5P/c12-9-2-1-7(3-4-19(16,17)18)8(5-9)6-10(13)11(14)15/h1-2,5,10H,3-4,6,13H2,(H,14,15)(H2,16,17,18)/t10-/m0/s1. The molecule has 1 aromatic rings. The van der Waals surface area contributed by atoms with Crippen molar-refractivity contribution in [3.63, 3.8) is 0 Å². The van der Waals surface area contributed by atoms with Crippen molar-refractivity contribution in [2.45, 2.75) is 18.9 Å². The summed E-state index contributed by atoms with van der Waals surface area (Å²) in [5.74, 6) is -1.77. The second kappa shape index (κ2) is 6.25. The van der Waals surface area contributed by atoms with Crippen molar-refractivity contribution in [2.24, 2.45) is 5.73 Å². The van der Waals surface area contributed by atoms with Crippen LogP contribution in [0.15, 0.2) is 18.2 Å². The van der Waals surface area contributed by atoms with Crippen LogP contribution < -0.4 is 5.73 Å². The molecule has 0 bridgehead atoms. The molecule has 0 saturated carbocycles. The van der Waals surface area contributed by atoms with Gasteiger partial charge < -0.3 is 20.6 Å². The second-order valence-electron chi connectivity index (χ2n) is 4.20. The molecule has 0 fully saturated rings. The third-order valence-electron chi connectivity index (χ3n) is 2.60. The van der Waals surface area contributed by atoms with E-state index in [0.29, 0.717) is 11.1 Å². The molecule has 0 saturated heterocycles. The van der Waals surface area contributed by atoms with E-state index in [1.165, 1.54) is 6.07 Å². The molecule has 8 heteroatoms. The molecule has 0 unspecified atom stereocenters. The molecule has 0 heterocycles. The molecular formula is C11H15FNO5P. The van der Waals surface area contributed by atoms with Gasteiger partial charge in [-0.2, -0.15) is 0 Å². The summed E-state index contributed by atoms with van der Waals surface area (Å²) < 4.78 is 23.9. The minimum Gasteiger partial charge on any atom is -0.480 e. The van der Waals surface area contributed by atoms with E-state index in [1.54, 1.807) is 0 Å².